The lowest BCUT2D eigenvalue weighted by atomic mass is 9.98. The maximum Gasteiger partial charge on any atom is 0.410 e. The highest BCUT2D eigenvalue weighted by atomic mass is 19.3. The van der Waals surface area contributed by atoms with Crippen LogP contribution in [0.25, 0.3) is 0 Å². The summed E-state index contributed by atoms with van der Waals surface area (Å²) in [5.41, 5.74) is 0. The molecule has 0 aliphatic rings. The van der Waals surface area contributed by atoms with Gasteiger partial charge in [0.2, 0.25) is 0 Å². The summed E-state index contributed by atoms with van der Waals surface area (Å²) in [6.45, 7) is 2.10. The van der Waals surface area contributed by atoms with E-state index in [1.54, 1.807) is 0 Å². The van der Waals surface area contributed by atoms with Crippen LogP contribution < -0.4 is 0 Å². The van der Waals surface area contributed by atoms with E-state index in [0.717, 1.165) is 38.5 Å². The van der Waals surface area contributed by atoms with Crippen molar-refractivity contribution in [2.45, 2.75) is 95.3 Å². The monoisotopic (exact) mass is 364 g/mol. The predicted molar refractivity (Wildman–Crippen MR) is 78.9 cm³/mol. The van der Waals surface area contributed by atoms with Gasteiger partial charge in [0.1, 0.15) is 0 Å². The Morgan fingerprint density at radius 1 is 0.750 bits per heavy atom. The van der Waals surface area contributed by atoms with Crippen molar-refractivity contribution in [1.29, 1.82) is 0 Å². The minimum absolute atomic E-state index is 0.222. The minimum Gasteiger partial charge on any atom is -0.477 e. The molecule has 0 rings (SSSR count). The number of carbonyl (C=O) groups is 1. The van der Waals surface area contributed by atoms with Gasteiger partial charge in [0.15, 0.2) is 0 Å². The van der Waals surface area contributed by atoms with Crippen molar-refractivity contribution in [3.05, 3.63) is 0 Å². The van der Waals surface area contributed by atoms with Crippen LogP contribution in [0.3, 0.4) is 0 Å². The largest absolute Gasteiger partial charge is 0.477 e. The number of rotatable bonds is 14. The van der Waals surface area contributed by atoms with Crippen molar-refractivity contribution < 1.29 is 36.2 Å². The van der Waals surface area contributed by atoms with Gasteiger partial charge in [0.05, 0.1) is 0 Å². The highest BCUT2D eigenvalue weighted by Crippen LogP contribution is 2.48. The second-order valence-electron chi connectivity index (χ2n) is 6.09. The summed E-state index contributed by atoms with van der Waals surface area (Å²) in [7, 11) is 0. The molecule has 0 saturated carbocycles. The number of halogens is 6. The van der Waals surface area contributed by atoms with E-state index in [-0.39, 0.29) is 12.8 Å². The molecule has 24 heavy (non-hydrogen) atoms. The number of hydrogen-bond acceptors (Lipinski definition) is 1. The zero-order valence-electron chi connectivity index (χ0n) is 13.9. The molecular formula is C16H26F6O2. The molecule has 0 amide bonds. The zero-order valence-corrected chi connectivity index (χ0v) is 13.9. The van der Waals surface area contributed by atoms with Crippen LogP contribution in [-0.2, 0) is 4.79 Å². The lowest BCUT2D eigenvalue weighted by Gasteiger charge is -2.30. The number of carboxylic acid groups (broad SMARTS) is 1. The molecule has 0 aromatic rings. The standard InChI is InChI=1S/C16H26F6O2/c1-2-3-4-5-6-7-8-9-10-11-12-14(17,18)16(21,22)15(19,20)13(23)24/h2-12H2,1H3,(H,23,24). The Hall–Kier alpha value is -0.950. The van der Waals surface area contributed by atoms with E-state index >= 15 is 0 Å². The van der Waals surface area contributed by atoms with Crippen molar-refractivity contribution in [1.82, 2.24) is 0 Å². The summed E-state index contributed by atoms with van der Waals surface area (Å²) < 4.78 is 78.5. The Bertz CT molecular complexity index is 372. The van der Waals surface area contributed by atoms with Crippen LogP contribution in [0.2, 0.25) is 0 Å². The third-order valence-electron chi connectivity index (χ3n) is 3.97. The van der Waals surface area contributed by atoms with Crippen LogP contribution in [0.4, 0.5) is 26.3 Å². The molecule has 0 aliphatic carbocycles. The number of carboxylic acids is 1. The molecule has 0 atom stereocenters. The predicted octanol–water partition coefficient (Wildman–Crippen LogP) is 6.29. The molecule has 8 heteroatoms. The van der Waals surface area contributed by atoms with Gasteiger partial charge < -0.3 is 5.11 Å². The number of aliphatic carboxylic acids is 1. The molecule has 0 radical (unpaired) electrons. The van der Waals surface area contributed by atoms with Crippen LogP contribution in [0, 0.1) is 0 Å². The second-order valence-corrected chi connectivity index (χ2v) is 6.09. The molecule has 2 nitrogen and oxygen atoms in total. The van der Waals surface area contributed by atoms with Gasteiger partial charge in [-0.05, 0) is 6.42 Å². The van der Waals surface area contributed by atoms with E-state index < -0.39 is 30.2 Å². The van der Waals surface area contributed by atoms with Gasteiger partial charge in [-0.3, -0.25) is 0 Å². The first-order valence-corrected chi connectivity index (χ1v) is 8.37. The van der Waals surface area contributed by atoms with Gasteiger partial charge in [0.25, 0.3) is 0 Å². The summed E-state index contributed by atoms with van der Waals surface area (Å²) in [6, 6.07) is 0. The number of hydrogen-bond donors (Lipinski definition) is 1. The van der Waals surface area contributed by atoms with Crippen LogP contribution in [0.1, 0.15) is 77.6 Å². The lowest BCUT2D eigenvalue weighted by molar-refractivity contribution is -0.305. The Morgan fingerprint density at radius 3 is 1.50 bits per heavy atom. The van der Waals surface area contributed by atoms with Crippen molar-refractivity contribution in [3.63, 3.8) is 0 Å². The third kappa shape index (κ3) is 6.51. The Labute approximate surface area is 138 Å². The summed E-state index contributed by atoms with van der Waals surface area (Å²) >= 11 is 0. The topological polar surface area (TPSA) is 37.3 Å². The van der Waals surface area contributed by atoms with Gasteiger partial charge in [-0.2, -0.15) is 26.3 Å². The average Bonchev–Trinajstić information content (AvgIpc) is 2.48. The molecule has 0 aromatic carbocycles. The summed E-state index contributed by atoms with van der Waals surface area (Å²) in [6.07, 6.45) is 6.26. The molecule has 0 heterocycles. The summed E-state index contributed by atoms with van der Waals surface area (Å²) in [5.74, 6) is -20.0. The van der Waals surface area contributed by atoms with Gasteiger partial charge in [-0.25, -0.2) is 4.79 Å². The lowest BCUT2D eigenvalue weighted by Crippen LogP contribution is -2.57. The quantitative estimate of drug-likeness (QED) is 0.291. The molecule has 144 valence electrons. The molecule has 0 spiro atoms. The molecule has 0 fully saturated rings. The summed E-state index contributed by atoms with van der Waals surface area (Å²) in [5, 5.41) is 8.02. The second kappa shape index (κ2) is 10.1. The maximum absolute atomic E-state index is 13.3. The zero-order chi connectivity index (χ0) is 18.9. The molecule has 0 unspecified atom stereocenters. The fourth-order valence-electron chi connectivity index (χ4n) is 2.36. The van der Waals surface area contributed by atoms with E-state index in [4.69, 9.17) is 5.11 Å². The van der Waals surface area contributed by atoms with E-state index in [1.807, 2.05) is 0 Å². The normalized spacial score (nSPS) is 13.3. The number of alkyl halides is 6. The SMILES string of the molecule is CCCCCCCCCCCCC(F)(F)C(F)(F)C(F)(F)C(=O)O. The highest BCUT2D eigenvalue weighted by Gasteiger charge is 2.74. The first-order valence-electron chi connectivity index (χ1n) is 8.37. The molecule has 1 N–H and O–H groups in total. The molecular weight excluding hydrogens is 338 g/mol. The van der Waals surface area contributed by atoms with Gasteiger partial charge in [-0.1, -0.05) is 64.7 Å². The van der Waals surface area contributed by atoms with Crippen LogP contribution >= 0.6 is 0 Å². The smallest absolute Gasteiger partial charge is 0.410 e. The maximum atomic E-state index is 13.3. The third-order valence-corrected chi connectivity index (χ3v) is 3.97. The van der Waals surface area contributed by atoms with Crippen molar-refractivity contribution in [2.24, 2.45) is 0 Å². The van der Waals surface area contributed by atoms with E-state index in [0.29, 0.717) is 6.42 Å². The minimum atomic E-state index is -5.91. The Morgan fingerprint density at radius 2 is 1.12 bits per heavy atom. The van der Waals surface area contributed by atoms with Crippen molar-refractivity contribution in [2.75, 3.05) is 0 Å². The molecule has 0 aliphatic heterocycles. The molecule has 0 saturated heterocycles. The fraction of sp³-hybridized carbons (Fsp3) is 0.938. The van der Waals surface area contributed by atoms with E-state index in [1.165, 1.54) is 6.42 Å². The van der Waals surface area contributed by atoms with Crippen LogP contribution in [0.5, 0.6) is 0 Å². The molecule has 0 bridgehead atoms. The first-order chi connectivity index (χ1) is 11.0. The highest BCUT2D eigenvalue weighted by molar-refractivity contribution is 5.77. The number of unbranched alkanes of at least 4 members (excludes halogenated alkanes) is 9. The van der Waals surface area contributed by atoms with Gasteiger partial charge in [0, 0.05) is 6.42 Å². The Balaban J connectivity index is 4.07. The van der Waals surface area contributed by atoms with Gasteiger partial charge in [-0.15, -0.1) is 0 Å². The van der Waals surface area contributed by atoms with Crippen LogP contribution in [-0.4, -0.2) is 28.8 Å². The fourth-order valence-corrected chi connectivity index (χ4v) is 2.36. The van der Waals surface area contributed by atoms with E-state index in [2.05, 4.69) is 6.92 Å². The van der Waals surface area contributed by atoms with Gasteiger partial charge >= 0.3 is 23.7 Å². The van der Waals surface area contributed by atoms with E-state index in [9.17, 15) is 31.1 Å². The Kier molecular flexibility index (Phi) is 9.73. The first kappa shape index (κ1) is 23.1. The van der Waals surface area contributed by atoms with Crippen LogP contribution in [0.15, 0.2) is 0 Å². The van der Waals surface area contributed by atoms with Crippen molar-refractivity contribution >= 4 is 5.97 Å². The summed E-state index contributed by atoms with van der Waals surface area (Å²) in [4.78, 5) is 10.1. The molecule has 0 aromatic heterocycles. The van der Waals surface area contributed by atoms with Crippen molar-refractivity contribution in [3.8, 4) is 0 Å². The average molecular weight is 364 g/mol.